The van der Waals surface area contributed by atoms with Gasteiger partial charge in [-0.05, 0) is 49.9 Å². The van der Waals surface area contributed by atoms with Crippen LogP contribution in [0.25, 0.3) is 10.6 Å². The van der Waals surface area contributed by atoms with E-state index < -0.39 is 0 Å². The Morgan fingerprint density at radius 3 is 2.88 bits per heavy atom. The van der Waals surface area contributed by atoms with E-state index in [1.54, 1.807) is 11.3 Å². The number of nitrogens with one attached hydrogen (secondary N) is 2. The number of thiophene rings is 1. The average molecular weight is 247 g/mol. The number of rotatable bonds is 2. The molecule has 90 valence electrons. The monoisotopic (exact) mass is 247 g/mol. The van der Waals surface area contributed by atoms with Crippen molar-refractivity contribution in [1.82, 2.24) is 15.3 Å². The number of aryl methyl sites for hydroxylation is 1. The summed E-state index contributed by atoms with van der Waals surface area (Å²) in [5, 5.41) is 5.52. The van der Waals surface area contributed by atoms with Crippen molar-refractivity contribution >= 4 is 11.3 Å². The maximum Gasteiger partial charge on any atom is 0.109 e. The predicted molar refractivity (Wildman–Crippen MR) is 71.5 cm³/mol. The molecule has 3 heterocycles. The molecule has 17 heavy (non-hydrogen) atoms. The SMILES string of the molecule is Cc1ccsc1-c1cnc(C2CCNCC2)[nH]1. The van der Waals surface area contributed by atoms with Gasteiger partial charge in [0, 0.05) is 5.92 Å². The van der Waals surface area contributed by atoms with Crippen molar-refractivity contribution < 1.29 is 0 Å². The van der Waals surface area contributed by atoms with Gasteiger partial charge in [0.1, 0.15) is 5.82 Å². The summed E-state index contributed by atoms with van der Waals surface area (Å²) in [6, 6.07) is 2.16. The highest BCUT2D eigenvalue weighted by Gasteiger charge is 2.18. The van der Waals surface area contributed by atoms with Crippen LogP contribution in [0.1, 0.15) is 30.1 Å². The van der Waals surface area contributed by atoms with Gasteiger partial charge in [-0.3, -0.25) is 0 Å². The molecule has 2 aromatic rings. The lowest BCUT2D eigenvalue weighted by Crippen LogP contribution is -2.27. The van der Waals surface area contributed by atoms with Crippen LogP contribution in [0, 0.1) is 6.92 Å². The molecule has 3 rings (SSSR count). The molecule has 2 aromatic heterocycles. The maximum atomic E-state index is 4.56. The molecular weight excluding hydrogens is 230 g/mol. The van der Waals surface area contributed by atoms with Gasteiger partial charge in [0.15, 0.2) is 0 Å². The lowest BCUT2D eigenvalue weighted by Gasteiger charge is -2.20. The zero-order chi connectivity index (χ0) is 11.7. The molecule has 0 aliphatic carbocycles. The molecule has 1 aliphatic heterocycles. The third kappa shape index (κ3) is 2.15. The first-order chi connectivity index (χ1) is 8.34. The van der Waals surface area contributed by atoms with Gasteiger partial charge in [-0.1, -0.05) is 0 Å². The van der Waals surface area contributed by atoms with E-state index in [0.717, 1.165) is 18.9 Å². The second-order valence-corrected chi connectivity index (χ2v) is 5.56. The van der Waals surface area contributed by atoms with Gasteiger partial charge in [0.05, 0.1) is 16.8 Å². The summed E-state index contributed by atoms with van der Waals surface area (Å²) in [4.78, 5) is 9.38. The Hall–Kier alpha value is -1.13. The van der Waals surface area contributed by atoms with Crippen molar-refractivity contribution in [3.8, 4) is 10.6 Å². The van der Waals surface area contributed by atoms with E-state index in [-0.39, 0.29) is 0 Å². The molecule has 4 heteroatoms. The van der Waals surface area contributed by atoms with Crippen LogP contribution in [0.15, 0.2) is 17.6 Å². The van der Waals surface area contributed by atoms with Crippen molar-refractivity contribution in [2.24, 2.45) is 0 Å². The molecule has 0 aromatic carbocycles. The molecule has 0 saturated carbocycles. The minimum atomic E-state index is 0.602. The van der Waals surface area contributed by atoms with Gasteiger partial charge in [0.25, 0.3) is 0 Å². The Bertz CT molecular complexity index is 494. The van der Waals surface area contributed by atoms with Gasteiger partial charge in [-0.25, -0.2) is 4.98 Å². The number of imidazole rings is 1. The Morgan fingerprint density at radius 2 is 2.18 bits per heavy atom. The van der Waals surface area contributed by atoms with E-state index in [4.69, 9.17) is 0 Å². The number of hydrogen-bond acceptors (Lipinski definition) is 3. The summed E-state index contributed by atoms with van der Waals surface area (Å²) in [6.07, 6.45) is 4.36. The zero-order valence-electron chi connectivity index (χ0n) is 9.99. The molecule has 0 spiro atoms. The summed E-state index contributed by atoms with van der Waals surface area (Å²) in [6.45, 7) is 4.37. The van der Waals surface area contributed by atoms with Crippen LogP contribution in [0.3, 0.4) is 0 Å². The molecule has 0 atom stereocenters. The maximum absolute atomic E-state index is 4.56. The van der Waals surface area contributed by atoms with Crippen molar-refractivity contribution in [1.29, 1.82) is 0 Å². The Labute approximate surface area is 105 Å². The van der Waals surface area contributed by atoms with Gasteiger partial charge < -0.3 is 10.3 Å². The second-order valence-electron chi connectivity index (χ2n) is 4.64. The molecule has 2 N–H and O–H groups in total. The van der Waals surface area contributed by atoms with E-state index in [0.29, 0.717) is 5.92 Å². The Balaban J connectivity index is 1.85. The third-order valence-corrected chi connectivity index (χ3v) is 4.48. The molecule has 1 fully saturated rings. The number of aromatic nitrogens is 2. The third-order valence-electron chi connectivity index (χ3n) is 3.43. The number of aromatic amines is 1. The first-order valence-electron chi connectivity index (χ1n) is 6.14. The molecule has 0 radical (unpaired) electrons. The van der Waals surface area contributed by atoms with Crippen molar-refractivity contribution in [2.75, 3.05) is 13.1 Å². The number of hydrogen-bond donors (Lipinski definition) is 2. The van der Waals surface area contributed by atoms with E-state index in [9.17, 15) is 0 Å². The fourth-order valence-corrected chi connectivity index (χ4v) is 3.30. The van der Waals surface area contributed by atoms with Crippen LogP contribution in [0.2, 0.25) is 0 Å². The highest BCUT2D eigenvalue weighted by atomic mass is 32.1. The highest BCUT2D eigenvalue weighted by molar-refractivity contribution is 7.13. The van der Waals surface area contributed by atoms with E-state index in [1.165, 1.54) is 29.0 Å². The number of nitrogens with zero attached hydrogens (tertiary/aromatic N) is 1. The first-order valence-corrected chi connectivity index (χ1v) is 7.02. The van der Waals surface area contributed by atoms with Crippen molar-refractivity contribution in [2.45, 2.75) is 25.7 Å². The zero-order valence-corrected chi connectivity index (χ0v) is 10.8. The molecule has 0 amide bonds. The molecule has 0 bridgehead atoms. The van der Waals surface area contributed by atoms with Crippen LogP contribution in [0.4, 0.5) is 0 Å². The van der Waals surface area contributed by atoms with Gasteiger partial charge in [0.2, 0.25) is 0 Å². The van der Waals surface area contributed by atoms with Crippen LogP contribution >= 0.6 is 11.3 Å². The van der Waals surface area contributed by atoms with E-state index >= 15 is 0 Å². The largest absolute Gasteiger partial charge is 0.341 e. The molecule has 3 nitrogen and oxygen atoms in total. The topological polar surface area (TPSA) is 40.7 Å². The van der Waals surface area contributed by atoms with Crippen molar-refractivity contribution in [3.05, 3.63) is 29.0 Å². The standard InChI is InChI=1S/C13H17N3S/c1-9-4-7-17-12(9)11-8-15-13(16-11)10-2-5-14-6-3-10/h4,7-8,10,14H,2-3,5-6H2,1H3,(H,15,16). The van der Waals surface area contributed by atoms with E-state index in [2.05, 4.69) is 33.7 Å². The highest BCUT2D eigenvalue weighted by Crippen LogP contribution is 2.30. The van der Waals surface area contributed by atoms with Crippen LogP contribution in [0.5, 0.6) is 0 Å². The lowest BCUT2D eigenvalue weighted by molar-refractivity contribution is 0.447. The quantitative estimate of drug-likeness (QED) is 0.856. The molecule has 1 aliphatic rings. The minimum absolute atomic E-state index is 0.602. The fraction of sp³-hybridized carbons (Fsp3) is 0.462. The second kappa shape index (κ2) is 4.63. The summed E-state index contributed by atoms with van der Waals surface area (Å²) < 4.78 is 0. The lowest BCUT2D eigenvalue weighted by atomic mass is 9.98. The Morgan fingerprint density at radius 1 is 1.35 bits per heavy atom. The minimum Gasteiger partial charge on any atom is -0.341 e. The summed E-state index contributed by atoms with van der Waals surface area (Å²) in [5.74, 6) is 1.76. The average Bonchev–Trinajstić information content (AvgIpc) is 2.98. The van der Waals surface area contributed by atoms with E-state index in [1.807, 2.05) is 6.20 Å². The van der Waals surface area contributed by atoms with Gasteiger partial charge in [-0.2, -0.15) is 0 Å². The van der Waals surface area contributed by atoms with Gasteiger partial charge >= 0.3 is 0 Å². The van der Waals surface area contributed by atoms with Crippen LogP contribution < -0.4 is 5.32 Å². The molecule has 1 saturated heterocycles. The number of H-pyrrole nitrogens is 1. The first kappa shape index (κ1) is 11.0. The van der Waals surface area contributed by atoms with Crippen LogP contribution in [-0.2, 0) is 0 Å². The summed E-state index contributed by atoms with van der Waals surface area (Å²) in [5.41, 5.74) is 2.50. The smallest absolute Gasteiger partial charge is 0.109 e. The normalized spacial score (nSPS) is 17.5. The summed E-state index contributed by atoms with van der Waals surface area (Å²) >= 11 is 1.78. The van der Waals surface area contributed by atoms with Crippen LogP contribution in [-0.4, -0.2) is 23.1 Å². The predicted octanol–water partition coefficient (Wildman–Crippen LogP) is 2.91. The van der Waals surface area contributed by atoms with Gasteiger partial charge in [-0.15, -0.1) is 11.3 Å². The number of piperidine rings is 1. The fourth-order valence-electron chi connectivity index (χ4n) is 2.40. The molecular formula is C13H17N3S. The Kier molecular flexibility index (Phi) is 2.99. The van der Waals surface area contributed by atoms with Crippen molar-refractivity contribution in [3.63, 3.8) is 0 Å². The summed E-state index contributed by atoms with van der Waals surface area (Å²) in [7, 11) is 0. The molecule has 0 unspecified atom stereocenters.